The molecule has 106 valence electrons. The molecule has 1 fully saturated rings. The molecule has 2 rings (SSSR count). The third-order valence-electron chi connectivity index (χ3n) is 4.77. The van der Waals surface area contributed by atoms with Crippen molar-refractivity contribution in [1.29, 1.82) is 0 Å². The lowest BCUT2D eigenvalue weighted by Gasteiger charge is -2.54. The Morgan fingerprint density at radius 3 is 2.05 bits per heavy atom. The van der Waals surface area contributed by atoms with Crippen molar-refractivity contribution in [3.05, 3.63) is 35.4 Å². The maximum absolute atomic E-state index is 12.5. The minimum atomic E-state index is -4.29. The standard InChI is InChI=1S/C15H19F3O/c1-3-14(4-2)12(9-13(14)19)10-5-7-11(8-6-10)15(16,17)18/h5-8,12-13,19H,3-4,9H2,1-2H3. The molecule has 1 aromatic carbocycles. The van der Waals surface area contributed by atoms with Gasteiger partial charge >= 0.3 is 6.18 Å². The van der Waals surface area contributed by atoms with Crippen LogP contribution in [0.25, 0.3) is 0 Å². The molecule has 1 aliphatic carbocycles. The fraction of sp³-hybridized carbons (Fsp3) is 0.600. The van der Waals surface area contributed by atoms with E-state index in [0.29, 0.717) is 6.42 Å². The Morgan fingerprint density at radius 1 is 1.16 bits per heavy atom. The quantitative estimate of drug-likeness (QED) is 0.866. The van der Waals surface area contributed by atoms with E-state index in [1.165, 1.54) is 0 Å². The first-order chi connectivity index (χ1) is 8.85. The summed E-state index contributed by atoms with van der Waals surface area (Å²) in [6, 6.07) is 5.38. The summed E-state index contributed by atoms with van der Waals surface area (Å²) in [5.74, 6) is 0.166. The van der Waals surface area contributed by atoms with Gasteiger partial charge in [-0.05, 0) is 42.9 Å². The first-order valence-electron chi connectivity index (χ1n) is 6.70. The lowest BCUT2D eigenvalue weighted by atomic mass is 9.53. The van der Waals surface area contributed by atoms with Crippen molar-refractivity contribution >= 4 is 0 Å². The van der Waals surface area contributed by atoms with Gasteiger partial charge in [-0.3, -0.25) is 0 Å². The van der Waals surface area contributed by atoms with Gasteiger partial charge in [-0.25, -0.2) is 0 Å². The smallest absolute Gasteiger partial charge is 0.393 e. The van der Waals surface area contributed by atoms with Gasteiger partial charge in [0, 0.05) is 5.41 Å². The molecular weight excluding hydrogens is 253 g/mol. The summed E-state index contributed by atoms with van der Waals surface area (Å²) in [5.41, 5.74) is 0.122. The topological polar surface area (TPSA) is 20.2 Å². The van der Waals surface area contributed by atoms with Gasteiger partial charge in [-0.15, -0.1) is 0 Å². The largest absolute Gasteiger partial charge is 0.416 e. The number of aliphatic hydroxyl groups excluding tert-OH is 1. The molecule has 0 saturated heterocycles. The first-order valence-corrected chi connectivity index (χ1v) is 6.70. The van der Waals surface area contributed by atoms with Crippen LogP contribution in [0, 0.1) is 5.41 Å². The van der Waals surface area contributed by atoms with Crippen LogP contribution in [-0.4, -0.2) is 11.2 Å². The zero-order valence-electron chi connectivity index (χ0n) is 11.2. The second-order valence-electron chi connectivity index (χ2n) is 5.36. The molecule has 1 N–H and O–H groups in total. The number of halogens is 3. The summed E-state index contributed by atoms with van der Waals surface area (Å²) in [7, 11) is 0. The summed E-state index contributed by atoms with van der Waals surface area (Å²) >= 11 is 0. The second kappa shape index (κ2) is 4.82. The molecule has 2 unspecified atom stereocenters. The van der Waals surface area contributed by atoms with E-state index in [4.69, 9.17) is 0 Å². The molecular formula is C15H19F3O. The summed E-state index contributed by atoms with van der Waals surface area (Å²) in [5, 5.41) is 9.99. The summed E-state index contributed by atoms with van der Waals surface area (Å²) in [6.45, 7) is 4.06. The maximum atomic E-state index is 12.5. The molecule has 0 spiro atoms. The fourth-order valence-corrected chi connectivity index (χ4v) is 3.35. The number of benzene rings is 1. The van der Waals surface area contributed by atoms with E-state index in [0.717, 1.165) is 30.5 Å². The normalized spacial score (nSPS) is 26.0. The van der Waals surface area contributed by atoms with Crippen LogP contribution in [0.3, 0.4) is 0 Å². The van der Waals surface area contributed by atoms with Crippen molar-refractivity contribution in [3.8, 4) is 0 Å². The molecule has 0 aromatic heterocycles. The van der Waals surface area contributed by atoms with E-state index in [1.54, 1.807) is 12.1 Å². The Morgan fingerprint density at radius 2 is 1.68 bits per heavy atom. The average Bonchev–Trinajstić information content (AvgIpc) is 2.37. The fourth-order valence-electron chi connectivity index (χ4n) is 3.35. The van der Waals surface area contributed by atoms with Crippen LogP contribution in [-0.2, 0) is 6.18 Å². The predicted octanol–water partition coefficient (Wildman–Crippen LogP) is 4.36. The molecule has 0 aliphatic heterocycles. The highest BCUT2D eigenvalue weighted by molar-refractivity contribution is 5.31. The third kappa shape index (κ3) is 2.27. The molecule has 1 aliphatic rings. The number of hydrogen-bond acceptors (Lipinski definition) is 1. The highest BCUT2D eigenvalue weighted by Gasteiger charge is 2.52. The van der Waals surface area contributed by atoms with E-state index in [-0.39, 0.29) is 17.4 Å². The van der Waals surface area contributed by atoms with E-state index in [1.807, 2.05) is 13.8 Å². The predicted molar refractivity (Wildman–Crippen MR) is 67.8 cm³/mol. The molecule has 0 radical (unpaired) electrons. The maximum Gasteiger partial charge on any atom is 0.416 e. The zero-order chi connectivity index (χ0) is 14.3. The zero-order valence-corrected chi connectivity index (χ0v) is 11.2. The van der Waals surface area contributed by atoms with E-state index >= 15 is 0 Å². The van der Waals surface area contributed by atoms with Gasteiger partial charge < -0.3 is 5.11 Å². The van der Waals surface area contributed by atoms with Crippen LogP contribution in [0.1, 0.15) is 50.2 Å². The van der Waals surface area contributed by atoms with Crippen LogP contribution in [0.5, 0.6) is 0 Å². The van der Waals surface area contributed by atoms with Crippen LogP contribution < -0.4 is 0 Å². The van der Waals surface area contributed by atoms with E-state index in [9.17, 15) is 18.3 Å². The molecule has 0 amide bonds. The van der Waals surface area contributed by atoms with Gasteiger partial charge in [0.1, 0.15) is 0 Å². The number of hydrogen-bond donors (Lipinski definition) is 1. The van der Waals surface area contributed by atoms with Gasteiger partial charge in [0.2, 0.25) is 0 Å². The van der Waals surface area contributed by atoms with E-state index < -0.39 is 11.7 Å². The summed E-state index contributed by atoms with van der Waals surface area (Å²) in [4.78, 5) is 0. The van der Waals surface area contributed by atoms with Crippen molar-refractivity contribution in [2.24, 2.45) is 5.41 Å². The molecule has 0 heterocycles. The second-order valence-corrected chi connectivity index (χ2v) is 5.36. The van der Waals surface area contributed by atoms with Gasteiger partial charge in [0.15, 0.2) is 0 Å². The first kappa shape index (κ1) is 14.4. The summed E-state index contributed by atoms with van der Waals surface area (Å²) in [6.07, 6.45) is -2.29. The van der Waals surface area contributed by atoms with Crippen molar-refractivity contribution in [2.75, 3.05) is 0 Å². The molecule has 1 saturated carbocycles. The molecule has 1 aromatic rings. The minimum Gasteiger partial charge on any atom is -0.393 e. The lowest BCUT2D eigenvalue weighted by molar-refractivity contribution is -0.137. The van der Waals surface area contributed by atoms with Crippen molar-refractivity contribution in [3.63, 3.8) is 0 Å². The number of aliphatic hydroxyl groups is 1. The monoisotopic (exact) mass is 272 g/mol. The highest BCUT2D eigenvalue weighted by atomic mass is 19.4. The summed E-state index contributed by atoms with van der Waals surface area (Å²) < 4.78 is 37.6. The Labute approximate surface area is 111 Å². The van der Waals surface area contributed by atoms with Gasteiger partial charge in [-0.2, -0.15) is 13.2 Å². The van der Waals surface area contributed by atoms with Crippen molar-refractivity contribution in [1.82, 2.24) is 0 Å². The third-order valence-corrected chi connectivity index (χ3v) is 4.77. The van der Waals surface area contributed by atoms with Crippen LogP contribution >= 0.6 is 0 Å². The Hall–Kier alpha value is -1.03. The molecule has 0 bridgehead atoms. The molecule has 1 nitrogen and oxygen atoms in total. The van der Waals surface area contributed by atoms with Gasteiger partial charge in [0.05, 0.1) is 11.7 Å². The van der Waals surface area contributed by atoms with Crippen LogP contribution in [0.2, 0.25) is 0 Å². The van der Waals surface area contributed by atoms with Crippen LogP contribution in [0.15, 0.2) is 24.3 Å². The molecule has 4 heteroatoms. The highest BCUT2D eigenvalue weighted by Crippen LogP contribution is 2.57. The van der Waals surface area contributed by atoms with Crippen LogP contribution in [0.4, 0.5) is 13.2 Å². The minimum absolute atomic E-state index is 0.166. The average molecular weight is 272 g/mol. The van der Waals surface area contributed by atoms with Crippen molar-refractivity contribution < 1.29 is 18.3 Å². The number of alkyl halides is 3. The Kier molecular flexibility index (Phi) is 3.65. The van der Waals surface area contributed by atoms with Gasteiger partial charge in [-0.1, -0.05) is 26.0 Å². The van der Waals surface area contributed by atoms with E-state index in [2.05, 4.69) is 0 Å². The Bertz CT molecular complexity index is 432. The number of rotatable bonds is 3. The van der Waals surface area contributed by atoms with Gasteiger partial charge in [0.25, 0.3) is 0 Å². The molecule has 2 atom stereocenters. The SMILES string of the molecule is CCC1(CC)C(O)CC1c1ccc(C(F)(F)F)cc1. The Balaban J connectivity index is 2.24. The molecule has 19 heavy (non-hydrogen) atoms. The van der Waals surface area contributed by atoms with Crippen molar-refractivity contribution in [2.45, 2.75) is 51.3 Å². The lowest BCUT2D eigenvalue weighted by Crippen LogP contribution is -2.50.